The molecule has 0 spiro atoms. The highest BCUT2D eigenvalue weighted by Gasteiger charge is 2.10. The lowest BCUT2D eigenvalue weighted by molar-refractivity contribution is 0.0946. The first-order valence-corrected chi connectivity index (χ1v) is 8.86. The minimum absolute atomic E-state index is 0.141. The molecule has 1 aromatic heterocycles. The van der Waals surface area contributed by atoms with Gasteiger partial charge in [0.1, 0.15) is 17.2 Å². The number of amides is 1. The average Bonchev–Trinajstić information content (AvgIpc) is 3.10. The Labute approximate surface area is 153 Å². The number of nitrogens with one attached hydrogen (secondary N) is 2. The molecule has 0 saturated carbocycles. The summed E-state index contributed by atoms with van der Waals surface area (Å²) >= 11 is 0. The number of hydrogen-bond donors (Lipinski definition) is 2. The van der Waals surface area contributed by atoms with Crippen LogP contribution in [-0.4, -0.2) is 24.6 Å². The summed E-state index contributed by atoms with van der Waals surface area (Å²) in [5, 5.41) is 3.92. The molecule has 0 bridgehead atoms. The molecule has 0 unspecified atom stereocenters. The lowest BCUT2D eigenvalue weighted by Gasteiger charge is -2.08. The van der Waals surface area contributed by atoms with E-state index in [9.17, 15) is 4.79 Å². The molecule has 0 fully saturated rings. The van der Waals surface area contributed by atoms with Gasteiger partial charge in [0.2, 0.25) is 0 Å². The first-order valence-electron chi connectivity index (χ1n) is 8.86. The summed E-state index contributed by atoms with van der Waals surface area (Å²) in [5.74, 6) is 1.45. The van der Waals surface area contributed by atoms with Crippen LogP contribution in [0.1, 0.15) is 35.8 Å². The molecule has 0 aliphatic carbocycles. The molecule has 2 aromatic carbocycles. The number of benzene rings is 2. The van der Waals surface area contributed by atoms with Crippen molar-refractivity contribution in [2.45, 2.75) is 26.3 Å². The van der Waals surface area contributed by atoms with Gasteiger partial charge >= 0.3 is 0 Å². The number of carbonyl (C=O) groups excluding carboxylic acids is 1. The molecule has 0 saturated heterocycles. The quantitative estimate of drug-likeness (QED) is 0.595. The number of ether oxygens (including phenoxy) is 2. The minimum Gasteiger partial charge on any atom is -0.497 e. The molecule has 5 nitrogen and oxygen atoms in total. The number of rotatable bonds is 8. The molecule has 2 N–H and O–H groups in total. The molecule has 3 aromatic rings. The van der Waals surface area contributed by atoms with Crippen LogP contribution >= 0.6 is 0 Å². The van der Waals surface area contributed by atoms with E-state index in [1.54, 1.807) is 7.11 Å². The fraction of sp³-hybridized carbons (Fsp3) is 0.286. The Kier molecular flexibility index (Phi) is 5.79. The van der Waals surface area contributed by atoms with Crippen LogP contribution in [0.4, 0.5) is 0 Å². The van der Waals surface area contributed by atoms with Gasteiger partial charge in [-0.25, -0.2) is 0 Å². The van der Waals surface area contributed by atoms with Gasteiger partial charge in [0.05, 0.1) is 13.7 Å². The fourth-order valence-corrected chi connectivity index (χ4v) is 2.71. The SMILES string of the molecule is CCCCOc1cccc(CNC(=O)c2cc3ccc(OC)cc3[nH]2)c1. The summed E-state index contributed by atoms with van der Waals surface area (Å²) in [6.07, 6.45) is 2.14. The van der Waals surface area contributed by atoms with Gasteiger partial charge in [0.15, 0.2) is 0 Å². The van der Waals surface area contributed by atoms with Crippen LogP contribution in [0.3, 0.4) is 0 Å². The number of hydrogen-bond acceptors (Lipinski definition) is 3. The van der Waals surface area contributed by atoms with Crippen LogP contribution in [0.2, 0.25) is 0 Å². The summed E-state index contributed by atoms with van der Waals surface area (Å²) in [5.41, 5.74) is 2.41. The molecule has 1 amide bonds. The van der Waals surface area contributed by atoms with Crippen molar-refractivity contribution in [3.05, 3.63) is 59.8 Å². The van der Waals surface area contributed by atoms with E-state index in [1.807, 2.05) is 48.5 Å². The molecule has 3 rings (SSSR count). The van der Waals surface area contributed by atoms with Gasteiger partial charge in [-0.2, -0.15) is 0 Å². The highest BCUT2D eigenvalue weighted by Crippen LogP contribution is 2.21. The van der Waals surface area contributed by atoms with Crippen LogP contribution in [-0.2, 0) is 6.54 Å². The van der Waals surface area contributed by atoms with Gasteiger partial charge < -0.3 is 19.8 Å². The van der Waals surface area contributed by atoms with E-state index < -0.39 is 0 Å². The van der Waals surface area contributed by atoms with E-state index in [2.05, 4.69) is 17.2 Å². The van der Waals surface area contributed by atoms with Gasteiger partial charge in [-0.15, -0.1) is 0 Å². The number of H-pyrrole nitrogens is 1. The molecule has 0 aliphatic rings. The van der Waals surface area contributed by atoms with Crippen LogP contribution in [0.25, 0.3) is 10.9 Å². The van der Waals surface area contributed by atoms with Crippen LogP contribution in [0.5, 0.6) is 11.5 Å². The first-order chi connectivity index (χ1) is 12.7. The number of methoxy groups -OCH3 is 1. The van der Waals surface area contributed by atoms with Crippen LogP contribution < -0.4 is 14.8 Å². The Morgan fingerprint density at radius 3 is 2.81 bits per heavy atom. The van der Waals surface area contributed by atoms with E-state index in [-0.39, 0.29) is 5.91 Å². The second kappa shape index (κ2) is 8.43. The largest absolute Gasteiger partial charge is 0.497 e. The van der Waals surface area contributed by atoms with Crippen LogP contribution in [0.15, 0.2) is 48.5 Å². The van der Waals surface area contributed by atoms with E-state index in [0.717, 1.165) is 40.8 Å². The molecule has 0 aliphatic heterocycles. The monoisotopic (exact) mass is 352 g/mol. The van der Waals surface area contributed by atoms with Gasteiger partial charge in [-0.05, 0) is 42.3 Å². The standard InChI is InChI=1S/C21H24N2O3/c1-3-4-10-26-18-7-5-6-15(11-18)14-22-21(24)20-12-16-8-9-17(25-2)13-19(16)23-20/h5-9,11-13,23H,3-4,10,14H2,1-2H3,(H,22,24). The smallest absolute Gasteiger partial charge is 0.267 e. The zero-order chi connectivity index (χ0) is 18.4. The van der Waals surface area contributed by atoms with Gasteiger partial charge in [-0.3, -0.25) is 4.79 Å². The maximum absolute atomic E-state index is 12.4. The zero-order valence-electron chi connectivity index (χ0n) is 15.2. The van der Waals surface area contributed by atoms with Gasteiger partial charge in [0.25, 0.3) is 5.91 Å². The second-order valence-electron chi connectivity index (χ2n) is 6.17. The van der Waals surface area contributed by atoms with Crippen molar-refractivity contribution < 1.29 is 14.3 Å². The first kappa shape index (κ1) is 17.9. The molecular formula is C21H24N2O3. The highest BCUT2D eigenvalue weighted by molar-refractivity contribution is 5.98. The third kappa shape index (κ3) is 4.36. The number of unbranched alkanes of at least 4 members (excludes halogenated alkanes) is 1. The third-order valence-electron chi connectivity index (χ3n) is 4.19. The van der Waals surface area contributed by atoms with Gasteiger partial charge in [-0.1, -0.05) is 25.5 Å². The van der Waals surface area contributed by atoms with Crippen molar-refractivity contribution >= 4 is 16.8 Å². The van der Waals surface area contributed by atoms with E-state index in [0.29, 0.717) is 18.8 Å². The molecule has 1 heterocycles. The summed E-state index contributed by atoms with van der Waals surface area (Å²) in [6.45, 7) is 3.29. The van der Waals surface area contributed by atoms with E-state index in [4.69, 9.17) is 9.47 Å². The summed E-state index contributed by atoms with van der Waals surface area (Å²) in [7, 11) is 1.62. The molecule has 0 atom stereocenters. The molecule has 0 radical (unpaired) electrons. The van der Waals surface area contributed by atoms with E-state index in [1.165, 1.54) is 0 Å². The fourth-order valence-electron chi connectivity index (χ4n) is 2.71. The van der Waals surface area contributed by atoms with Crippen molar-refractivity contribution in [2.24, 2.45) is 0 Å². The van der Waals surface area contributed by atoms with E-state index >= 15 is 0 Å². The summed E-state index contributed by atoms with van der Waals surface area (Å²) in [6, 6.07) is 15.3. The molecular weight excluding hydrogens is 328 g/mol. The number of fused-ring (bicyclic) bond motifs is 1. The topological polar surface area (TPSA) is 63.4 Å². The Morgan fingerprint density at radius 1 is 1.12 bits per heavy atom. The average molecular weight is 352 g/mol. The second-order valence-corrected chi connectivity index (χ2v) is 6.17. The predicted molar refractivity (Wildman–Crippen MR) is 103 cm³/mol. The van der Waals surface area contributed by atoms with Gasteiger partial charge in [0, 0.05) is 23.5 Å². The van der Waals surface area contributed by atoms with Crippen molar-refractivity contribution in [1.82, 2.24) is 10.3 Å². The maximum atomic E-state index is 12.4. The number of aromatic amines is 1. The lowest BCUT2D eigenvalue weighted by Crippen LogP contribution is -2.23. The minimum atomic E-state index is -0.141. The third-order valence-corrected chi connectivity index (χ3v) is 4.19. The van der Waals surface area contributed by atoms with Crippen molar-refractivity contribution in [3.63, 3.8) is 0 Å². The number of carbonyl (C=O) groups is 1. The van der Waals surface area contributed by atoms with Crippen molar-refractivity contribution in [2.75, 3.05) is 13.7 Å². The van der Waals surface area contributed by atoms with Crippen molar-refractivity contribution in [3.8, 4) is 11.5 Å². The molecule has 5 heteroatoms. The van der Waals surface area contributed by atoms with Crippen LogP contribution in [0, 0.1) is 0 Å². The summed E-state index contributed by atoms with van der Waals surface area (Å²) in [4.78, 5) is 15.6. The predicted octanol–water partition coefficient (Wildman–Crippen LogP) is 4.29. The zero-order valence-corrected chi connectivity index (χ0v) is 15.2. The lowest BCUT2D eigenvalue weighted by atomic mass is 10.2. The Hall–Kier alpha value is -2.95. The Bertz CT molecular complexity index is 886. The number of aromatic nitrogens is 1. The maximum Gasteiger partial charge on any atom is 0.267 e. The highest BCUT2D eigenvalue weighted by atomic mass is 16.5. The Balaban J connectivity index is 1.62. The molecule has 136 valence electrons. The van der Waals surface area contributed by atoms with Crippen molar-refractivity contribution in [1.29, 1.82) is 0 Å². The molecule has 26 heavy (non-hydrogen) atoms. The normalized spacial score (nSPS) is 10.7. The summed E-state index contributed by atoms with van der Waals surface area (Å²) < 4.78 is 10.9. The Morgan fingerprint density at radius 2 is 2.00 bits per heavy atom.